The Bertz CT molecular complexity index is 1330. The SMILES string of the molecule is CC1=CC[C@@H]2C(=O)N(c3ccc(OC(=O)[C@H]4CC(=O)N(c5ccc(C)cc5C)C4)cc3C)C(=O)[C@@H]2C1. The highest BCUT2D eigenvalue weighted by molar-refractivity contribution is 6.22. The Labute approximate surface area is 210 Å². The molecule has 0 aromatic heterocycles. The van der Waals surface area contributed by atoms with Crippen molar-refractivity contribution in [2.45, 2.75) is 47.0 Å². The van der Waals surface area contributed by atoms with Gasteiger partial charge in [0.25, 0.3) is 0 Å². The monoisotopic (exact) mass is 486 g/mol. The first-order valence-corrected chi connectivity index (χ1v) is 12.4. The summed E-state index contributed by atoms with van der Waals surface area (Å²) < 4.78 is 5.63. The van der Waals surface area contributed by atoms with Crippen molar-refractivity contribution in [1.82, 2.24) is 0 Å². The normalized spacial score (nSPS) is 23.7. The zero-order chi connectivity index (χ0) is 25.7. The van der Waals surface area contributed by atoms with E-state index in [1.165, 1.54) is 4.90 Å². The van der Waals surface area contributed by atoms with Crippen molar-refractivity contribution in [2.24, 2.45) is 17.8 Å². The number of carbonyl (C=O) groups excluding carboxylic acids is 4. The summed E-state index contributed by atoms with van der Waals surface area (Å²) in [7, 11) is 0. The van der Waals surface area contributed by atoms with Gasteiger partial charge in [0.15, 0.2) is 0 Å². The van der Waals surface area contributed by atoms with E-state index in [-0.39, 0.29) is 42.5 Å². The molecular formula is C29H30N2O5. The van der Waals surface area contributed by atoms with Gasteiger partial charge in [-0.15, -0.1) is 0 Å². The second-order valence-corrected chi connectivity index (χ2v) is 10.3. The minimum absolute atomic E-state index is 0.0935. The number of ether oxygens (including phenoxy) is 1. The third kappa shape index (κ3) is 4.12. The van der Waals surface area contributed by atoms with Gasteiger partial charge in [-0.2, -0.15) is 0 Å². The Hall–Kier alpha value is -3.74. The minimum Gasteiger partial charge on any atom is -0.426 e. The van der Waals surface area contributed by atoms with E-state index < -0.39 is 11.9 Å². The first kappa shape index (κ1) is 24.0. The summed E-state index contributed by atoms with van der Waals surface area (Å²) in [6, 6.07) is 10.8. The molecule has 0 spiro atoms. The second kappa shape index (κ2) is 9.04. The number of esters is 1. The van der Waals surface area contributed by atoms with Gasteiger partial charge in [0.05, 0.1) is 23.4 Å². The molecule has 2 aliphatic heterocycles. The summed E-state index contributed by atoms with van der Waals surface area (Å²) in [5.74, 6) is -1.76. The van der Waals surface area contributed by atoms with Crippen molar-refractivity contribution in [1.29, 1.82) is 0 Å². The van der Waals surface area contributed by atoms with Crippen LogP contribution in [0.25, 0.3) is 0 Å². The quantitative estimate of drug-likeness (QED) is 0.277. The Morgan fingerprint density at radius 2 is 1.56 bits per heavy atom. The van der Waals surface area contributed by atoms with E-state index in [1.807, 2.05) is 45.0 Å². The van der Waals surface area contributed by atoms with E-state index in [0.29, 0.717) is 29.8 Å². The molecule has 0 radical (unpaired) electrons. The number of allylic oxidation sites excluding steroid dienone is 2. The Balaban J connectivity index is 1.28. The molecule has 1 aliphatic carbocycles. The highest BCUT2D eigenvalue weighted by atomic mass is 16.5. The molecule has 2 saturated heterocycles. The van der Waals surface area contributed by atoms with Crippen LogP contribution >= 0.6 is 0 Å². The first-order chi connectivity index (χ1) is 17.1. The first-order valence-electron chi connectivity index (χ1n) is 12.4. The largest absolute Gasteiger partial charge is 0.426 e. The van der Waals surface area contributed by atoms with Gasteiger partial charge in [-0.05, 0) is 75.9 Å². The molecule has 186 valence electrons. The summed E-state index contributed by atoms with van der Waals surface area (Å²) in [5.41, 5.74) is 5.24. The zero-order valence-corrected chi connectivity index (χ0v) is 21.0. The van der Waals surface area contributed by atoms with Crippen molar-refractivity contribution < 1.29 is 23.9 Å². The molecule has 2 heterocycles. The number of anilines is 2. The van der Waals surface area contributed by atoms with E-state index in [1.54, 1.807) is 30.0 Å². The molecule has 2 aromatic rings. The van der Waals surface area contributed by atoms with Gasteiger partial charge >= 0.3 is 5.97 Å². The third-order valence-electron chi connectivity index (χ3n) is 7.55. The number of aryl methyl sites for hydroxylation is 3. The average molecular weight is 487 g/mol. The van der Waals surface area contributed by atoms with Gasteiger partial charge in [-0.1, -0.05) is 29.3 Å². The predicted molar refractivity (Wildman–Crippen MR) is 136 cm³/mol. The smallest absolute Gasteiger partial charge is 0.316 e. The number of benzene rings is 2. The van der Waals surface area contributed by atoms with Crippen LogP contribution in [0.15, 0.2) is 48.0 Å². The van der Waals surface area contributed by atoms with Crippen LogP contribution in [0.5, 0.6) is 5.75 Å². The second-order valence-electron chi connectivity index (χ2n) is 10.3. The maximum absolute atomic E-state index is 13.1. The lowest BCUT2D eigenvalue weighted by Gasteiger charge is -2.20. The highest BCUT2D eigenvalue weighted by Crippen LogP contribution is 2.41. The molecule has 3 atom stereocenters. The number of nitrogens with zero attached hydrogens (tertiary/aromatic N) is 2. The van der Waals surface area contributed by atoms with Crippen LogP contribution in [0.3, 0.4) is 0 Å². The lowest BCUT2D eigenvalue weighted by atomic mass is 9.82. The van der Waals surface area contributed by atoms with Gasteiger partial charge in [0.2, 0.25) is 17.7 Å². The topological polar surface area (TPSA) is 84.0 Å². The molecule has 3 aliphatic rings. The Kier molecular flexibility index (Phi) is 6.02. The molecule has 2 aromatic carbocycles. The molecule has 0 N–H and O–H groups in total. The van der Waals surface area contributed by atoms with E-state index in [9.17, 15) is 19.2 Å². The summed E-state index contributed by atoms with van der Waals surface area (Å²) in [5, 5.41) is 0. The molecule has 36 heavy (non-hydrogen) atoms. The number of carbonyl (C=O) groups is 4. The molecule has 0 bridgehead atoms. The van der Waals surface area contributed by atoms with Crippen molar-refractivity contribution >= 4 is 35.1 Å². The lowest BCUT2D eigenvalue weighted by Crippen LogP contribution is -2.31. The fraction of sp³-hybridized carbons (Fsp3) is 0.379. The fourth-order valence-electron chi connectivity index (χ4n) is 5.62. The van der Waals surface area contributed by atoms with Crippen molar-refractivity contribution in [3.05, 3.63) is 64.7 Å². The maximum Gasteiger partial charge on any atom is 0.316 e. The number of amides is 3. The Morgan fingerprint density at radius 1 is 0.861 bits per heavy atom. The van der Waals surface area contributed by atoms with E-state index in [2.05, 4.69) is 0 Å². The van der Waals surface area contributed by atoms with Crippen molar-refractivity contribution in [2.75, 3.05) is 16.3 Å². The van der Waals surface area contributed by atoms with E-state index in [4.69, 9.17) is 4.74 Å². The van der Waals surface area contributed by atoms with Crippen LogP contribution in [-0.4, -0.2) is 30.2 Å². The summed E-state index contributed by atoms with van der Waals surface area (Å²) >= 11 is 0. The summed E-state index contributed by atoms with van der Waals surface area (Å²) in [4.78, 5) is 54.6. The van der Waals surface area contributed by atoms with Gasteiger partial charge < -0.3 is 9.64 Å². The lowest BCUT2D eigenvalue weighted by molar-refractivity contribution is -0.139. The molecule has 7 heteroatoms. The molecule has 5 rings (SSSR count). The molecular weight excluding hydrogens is 456 g/mol. The van der Waals surface area contributed by atoms with Crippen LogP contribution in [-0.2, 0) is 19.2 Å². The molecule has 2 fully saturated rings. The minimum atomic E-state index is -0.571. The number of imide groups is 1. The molecule has 7 nitrogen and oxygen atoms in total. The number of fused-ring (bicyclic) bond motifs is 1. The maximum atomic E-state index is 13.1. The Morgan fingerprint density at radius 3 is 2.28 bits per heavy atom. The van der Waals surface area contributed by atoms with Crippen LogP contribution in [0.2, 0.25) is 0 Å². The van der Waals surface area contributed by atoms with Crippen LogP contribution < -0.4 is 14.5 Å². The number of hydrogen-bond acceptors (Lipinski definition) is 5. The molecule has 0 saturated carbocycles. The van der Waals surface area contributed by atoms with Gasteiger partial charge in [0, 0.05) is 18.7 Å². The van der Waals surface area contributed by atoms with Crippen molar-refractivity contribution in [3.63, 3.8) is 0 Å². The van der Waals surface area contributed by atoms with Crippen LogP contribution in [0, 0.1) is 38.5 Å². The third-order valence-corrected chi connectivity index (χ3v) is 7.55. The fourth-order valence-corrected chi connectivity index (χ4v) is 5.62. The van der Waals surface area contributed by atoms with E-state index >= 15 is 0 Å². The average Bonchev–Trinajstić information content (AvgIpc) is 3.32. The molecule has 0 unspecified atom stereocenters. The standard InChI is InChI=1S/C29H30N2O5/c1-16-6-9-24(18(3)11-16)30-15-20(14-26(30)32)29(35)36-21-7-10-25(19(4)13-21)31-27(33)22-8-5-17(2)12-23(22)28(31)34/h5-7,9-11,13,20,22-23H,8,12,14-15H2,1-4H3/t20-,22-,23+/m0/s1. The summed E-state index contributed by atoms with van der Waals surface area (Å²) in [6.07, 6.45) is 3.34. The molecule has 3 amide bonds. The number of hydrogen-bond donors (Lipinski definition) is 0. The van der Waals surface area contributed by atoms with Crippen LogP contribution in [0.1, 0.15) is 42.9 Å². The zero-order valence-electron chi connectivity index (χ0n) is 21.0. The van der Waals surface area contributed by atoms with Gasteiger partial charge in [-0.25, -0.2) is 4.90 Å². The van der Waals surface area contributed by atoms with Crippen LogP contribution in [0.4, 0.5) is 11.4 Å². The van der Waals surface area contributed by atoms with Gasteiger partial charge in [-0.3, -0.25) is 19.2 Å². The number of rotatable bonds is 4. The van der Waals surface area contributed by atoms with E-state index in [0.717, 1.165) is 22.4 Å². The summed E-state index contributed by atoms with van der Waals surface area (Å²) in [6.45, 7) is 8.00. The highest BCUT2D eigenvalue weighted by Gasteiger charge is 2.49. The van der Waals surface area contributed by atoms with Crippen molar-refractivity contribution in [3.8, 4) is 5.75 Å². The van der Waals surface area contributed by atoms with Gasteiger partial charge in [0.1, 0.15) is 5.75 Å². The predicted octanol–water partition coefficient (Wildman–Crippen LogP) is 4.42.